The van der Waals surface area contributed by atoms with Crippen LogP contribution < -0.4 is 0 Å². The first kappa shape index (κ1) is 12.6. The second-order valence-corrected chi connectivity index (χ2v) is 4.93. The van der Waals surface area contributed by atoms with Crippen molar-refractivity contribution in [2.45, 2.75) is 13.0 Å². The van der Waals surface area contributed by atoms with E-state index in [2.05, 4.69) is 66.5 Å². The van der Waals surface area contributed by atoms with Crippen LogP contribution in [0.1, 0.15) is 24.1 Å². The fraction of sp³-hybridized carbons (Fsp3) is 0.105. The standard InChI is InChI=1S/C19H17N/c1-15(20-14-16-8-3-2-4-9-16)18-13-7-11-17-10-5-6-12-19(17)18/h2-15H,1H3/t15-/m1/s1. The normalized spacial score (nSPS) is 12.8. The van der Waals surface area contributed by atoms with Gasteiger partial charge in [0, 0.05) is 6.21 Å². The Morgan fingerprint density at radius 3 is 2.35 bits per heavy atom. The van der Waals surface area contributed by atoms with E-state index in [1.165, 1.54) is 16.3 Å². The Labute approximate surface area is 119 Å². The molecule has 98 valence electrons. The van der Waals surface area contributed by atoms with Gasteiger partial charge in [0.1, 0.15) is 0 Å². The zero-order valence-corrected chi connectivity index (χ0v) is 11.5. The summed E-state index contributed by atoms with van der Waals surface area (Å²) in [6.45, 7) is 2.14. The molecule has 0 aromatic heterocycles. The number of hydrogen-bond donors (Lipinski definition) is 0. The Kier molecular flexibility index (Phi) is 3.60. The lowest BCUT2D eigenvalue weighted by atomic mass is 10.00. The minimum Gasteiger partial charge on any atom is -0.285 e. The minimum atomic E-state index is 0.154. The molecule has 20 heavy (non-hydrogen) atoms. The lowest BCUT2D eigenvalue weighted by molar-refractivity contribution is 0.834. The molecule has 0 unspecified atom stereocenters. The quantitative estimate of drug-likeness (QED) is 0.586. The maximum Gasteiger partial charge on any atom is 0.0727 e. The number of aliphatic imine (C=N–C) groups is 1. The average Bonchev–Trinajstić information content (AvgIpc) is 2.53. The monoisotopic (exact) mass is 259 g/mol. The number of rotatable bonds is 3. The van der Waals surface area contributed by atoms with Crippen molar-refractivity contribution in [2.75, 3.05) is 0 Å². The van der Waals surface area contributed by atoms with Gasteiger partial charge in [-0.15, -0.1) is 0 Å². The summed E-state index contributed by atoms with van der Waals surface area (Å²) in [5.41, 5.74) is 2.41. The molecule has 0 aliphatic carbocycles. The summed E-state index contributed by atoms with van der Waals surface area (Å²) in [5, 5.41) is 2.56. The summed E-state index contributed by atoms with van der Waals surface area (Å²) in [4.78, 5) is 4.69. The molecule has 0 aliphatic rings. The first-order valence-corrected chi connectivity index (χ1v) is 6.90. The Morgan fingerprint density at radius 2 is 1.50 bits per heavy atom. The molecule has 0 bridgehead atoms. The Balaban J connectivity index is 1.93. The summed E-state index contributed by atoms with van der Waals surface area (Å²) in [6, 6.07) is 25.3. The second kappa shape index (κ2) is 5.70. The minimum absolute atomic E-state index is 0.154. The topological polar surface area (TPSA) is 12.4 Å². The van der Waals surface area contributed by atoms with E-state index >= 15 is 0 Å². The molecule has 3 aromatic rings. The lowest BCUT2D eigenvalue weighted by Crippen LogP contribution is -1.92. The van der Waals surface area contributed by atoms with Gasteiger partial charge in [0.05, 0.1) is 6.04 Å². The molecule has 0 heterocycles. The molecule has 1 nitrogen and oxygen atoms in total. The molecule has 1 heteroatoms. The average molecular weight is 259 g/mol. The highest BCUT2D eigenvalue weighted by molar-refractivity contribution is 5.86. The summed E-state index contributed by atoms with van der Waals surface area (Å²) < 4.78 is 0. The van der Waals surface area contributed by atoms with E-state index in [0.29, 0.717) is 0 Å². The van der Waals surface area contributed by atoms with Gasteiger partial charge in [0.25, 0.3) is 0 Å². The molecule has 0 radical (unpaired) electrons. The van der Waals surface area contributed by atoms with Crippen molar-refractivity contribution in [1.29, 1.82) is 0 Å². The summed E-state index contributed by atoms with van der Waals surface area (Å²) in [5.74, 6) is 0. The van der Waals surface area contributed by atoms with E-state index in [1.54, 1.807) is 0 Å². The Bertz CT molecular complexity index is 724. The molecule has 0 saturated heterocycles. The van der Waals surface area contributed by atoms with Gasteiger partial charge in [-0.25, -0.2) is 0 Å². The van der Waals surface area contributed by atoms with E-state index < -0.39 is 0 Å². The van der Waals surface area contributed by atoms with Gasteiger partial charge < -0.3 is 0 Å². The number of hydrogen-bond acceptors (Lipinski definition) is 1. The molecule has 0 N–H and O–H groups in total. The molecular weight excluding hydrogens is 242 g/mol. The van der Waals surface area contributed by atoms with Crippen LogP contribution in [0, 0.1) is 0 Å². The maximum absolute atomic E-state index is 4.69. The van der Waals surface area contributed by atoms with Crippen molar-refractivity contribution < 1.29 is 0 Å². The number of benzene rings is 3. The first-order chi connectivity index (χ1) is 9.84. The smallest absolute Gasteiger partial charge is 0.0727 e. The van der Waals surface area contributed by atoms with Crippen molar-refractivity contribution in [3.8, 4) is 0 Å². The fourth-order valence-electron chi connectivity index (χ4n) is 2.43. The molecular formula is C19H17N. The lowest BCUT2D eigenvalue weighted by Gasteiger charge is -2.10. The van der Waals surface area contributed by atoms with Crippen molar-refractivity contribution >= 4 is 17.0 Å². The third kappa shape index (κ3) is 2.62. The molecule has 0 amide bonds. The van der Waals surface area contributed by atoms with E-state index in [-0.39, 0.29) is 6.04 Å². The highest BCUT2D eigenvalue weighted by atomic mass is 14.8. The van der Waals surface area contributed by atoms with Crippen LogP contribution >= 0.6 is 0 Å². The van der Waals surface area contributed by atoms with Crippen LogP contribution in [0.4, 0.5) is 0 Å². The highest BCUT2D eigenvalue weighted by Crippen LogP contribution is 2.26. The second-order valence-electron chi connectivity index (χ2n) is 4.93. The SMILES string of the molecule is C[C@@H](N=Cc1ccccc1)c1cccc2ccccc12. The molecule has 0 saturated carbocycles. The van der Waals surface area contributed by atoms with Gasteiger partial charge in [-0.2, -0.15) is 0 Å². The van der Waals surface area contributed by atoms with Gasteiger partial charge in [-0.3, -0.25) is 4.99 Å². The summed E-state index contributed by atoms with van der Waals surface area (Å²) in [7, 11) is 0. The van der Waals surface area contributed by atoms with E-state index in [1.807, 2.05) is 24.4 Å². The van der Waals surface area contributed by atoms with Crippen LogP contribution in [0.15, 0.2) is 77.8 Å². The van der Waals surface area contributed by atoms with Gasteiger partial charge in [-0.05, 0) is 28.8 Å². The van der Waals surface area contributed by atoms with Crippen LogP contribution in [0.25, 0.3) is 10.8 Å². The zero-order chi connectivity index (χ0) is 13.8. The van der Waals surface area contributed by atoms with Crippen molar-refractivity contribution in [1.82, 2.24) is 0 Å². The van der Waals surface area contributed by atoms with Crippen molar-refractivity contribution in [3.05, 3.63) is 83.9 Å². The predicted octanol–water partition coefficient (Wildman–Crippen LogP) is 5.02. The number of fused-ring (bicyclic) bond motifs is 1. The van der Waals surface area contributed by atoms with Crippen LogP contribution in [0.3, 0.4) is 0 Å². The van der Waals surface area contributed by atoms with E-state index in [9.17, 15) is 0 Å². The van der Waals surface area contributed by atoms with E-state index in [4.69, 9.17) is 0 Å². The van der Waals surface area contributed by atoms with Gasteiger partial charge >= 0.3 is 0 Å². The number of nitrogens with zero attached hydrogens (tertiary/aromatic N) is 1. The van der Waals surface area contributed by atoms with Crippen LogP contribution in [-0.4, -0.2) is 6.21 Å². The van der Waals surface area contributed by atoms with Crippen molar-refractivity contribution in [3.63, 3.8) is 0 Å². The van der Waals surface area contributed by atoms with Crippen molar-refractivity contribution in [2.24, 2.45) is 4.99 Å². The van der Waals surface area contributed by atoms with Crippen LogP contribution in [0.2, 0.25) is 0 Å². The van der Waals surface area contributed by atoms with Gasteiger partial charge in [0.2, 0.25) is 0 Å². The van der Waals surface area contributed by atoms with Crippen LogP contribution in [0.5, 0.6) is 0 Å². The molecule has 0 fully saturated rings. The highest BCUT2D eigenvalue weighted by Gasteiger charge is 2.06. The molecule has 0 aliphatic heterocycles. The Hall–Kier alpha value is -2.41. The molecule has 3 rings (SSSR count). The Morgan fingerprint density at radius 1 is 0.800 bits per heavy atom. The largest absolute Gasteiger partial charge is 0.285 e. The van der Waals surface area contributed by atoms with E-state index in [0.717, 1.165) is 5.56 Å². The molecule has 3 aromatic carbocycles. The molecule has 1 atom stereocenters. The third-order valence-corrected chi connectivity index (χ3v) is 3.52. The zero-order valence-electron chi connectivity index (χ0n) is 11.5. The summed E-state index contributed by atoms with van der Waals surface area (Å²) >= 11 is 0. The molecule has 0 spiro atoms. The third-order valence-electron chi connectivity index (χ3n) is 3.52. The first-order valence-electron chi connectivity index (χ1n) is 6.90. The van der Waals surface area contributed by atoms with Gasteiger partial charge in [-0.1, -0.05) is 72.8 Å². The maximum atomic E-state index is 4.69. The summed E-state index contributed by atoms with van der Waals surface area (Å²) in [6.07, 6.45) is 1.95. The fourth-order valence-corrected chi connectivity index (χ4v) is 2.43. The van der Waals surface area contributed by atoms with Crippen LogP contribution in [-0.2, 0) is 0 Å². The predicted molar refractivity (Wildman–Crippen MR) is 86.4 cm³/mol. The van der Waals surface area contributed by atoms with Gasteiger partial charge in [0.15, 0.2) is 0 Å².